The fourth-order valence-electron chi connectivity index (χ4n) is 2.18. The standard InChI is InChI=1S/C14H17N3O2/c1-2-11-7-6-10(9-15-11)13-16-17-14(19-13)12-5-3-4-8-18-12/h6-7,9,12H,2-5,8H2,1H3/t12-/m0/s1. The highest BCUT2D eigenvalue weighted by Crippen LogP contribution is 2.28. The van der Waals surface area contributed by atoms with Crippen molar-refractivity contribution in [3.05, 3.63) is 29.9 Å². The van der Waals surface area contributed by atoms with Crippen LogP contribution in [0.4, 0.5) is 0 Å². The molecule has 0 saturated carbocycles. The van der Waals surface area contributed by atoms with Crippen molar-refractivity contribution in [2.45, 2.75) is 38.7 Å². The van der Waals surface area contributed by atoms with E-state index < -0.39 is 0 Å². The maximum Gasteiger partial charge on any atom is 0.249 e. The third-order valence-corrected chi connectivity index (χ3v) is 3.33. The van der Waals surface area contributed by atoms with Gasteiger partial charge in [-0.25, -0.2) is 0 Å². The van der Waals surface area contributed by atoms with E-state index >= 15 is 0 Å². The van der Waals surface area contributed by atoms with Crippen LogP contribution in [-0.4, -0.2) is 21.8 Å². The molecule has 100 valence electrons. The molecule has 1 aliphatic heterocycles. The van der Waals surface area contributed by atoms with Gasteiger partial charge in [0, 0.05) is 18.5 Å². The van der Waals surface area contributed by atoms with E-state index in [4.69, 9.17) is 9.15 Å². The summed E-state index contributed by atoms with van der Waals surface area (Å²) in [5.74, 6) is 1.09. The molecule has 0 unspecified atom stereocenters. The summed E-state index contributed by atoms with van der Waals surface area (Å²) in [7, 11) is 0. The van der Waals surface area contributed by atoms with E-state index in [1.54, 1.807) is 6.20 Å². The lowest BCUT2D eigenvalue weighted by Gasteiger charge is -2.18. The van der Waals surface area contributed by atoms with Gasteiger partial charge in [-0.05, 0) is 37.8 Å². The van der Waals surface area contributed by atoms with Crippen molar-refractivity contribution in [1.82, 2.24) is 15.2 Å². The van der Waals surface area contributed by atoms with Gasteiger partial charge in [-0.3, -0.25) is 4.98 Å². The quantitative estimate of drug-likeness (QED) is 0.848. The molecule has 1 saturated heterocycles. The fourth-order valence-corrected chi connectivity index (χ4v) is 2.18. The third-order valence-electron chi connectivity index (χ3n) is 3.33. The molecule has 19 heavy (non-hydrogen) atoms. The molecule has 3 rings (SSSR count). The van der Waals surface area contributed by atoms with Gasteiger partial charge >= 0.3 is 0 Å². The lowest BCUT2D eigenvalue weighted by atomic mass is 10.1. The van der Waals surface area contributed by atoms with Gasteiger partial charge in [0.25, 0.3) is 0 Å². The van der Waals surface area contributed by atoms with Crippen LogP contribution in [0.5, 0.6) is 0 Å². The van der Waals surface area contributed by atoms with Crippen LogP contribution in [0.3, 0.4) is 0 Å². The predicted molar refractivity (Wildman–Crippen MR) is 69.5 cm³/mol. The van der Waals surface area contributed by atoms with Gasteiger partial charge in [-0.15, -0.1) is 10.2 Å². The van der Waals surface area contributed by atoms with Gasteiger partial charge in [0.2, 0.25) is 11.8 Å². The number of aromatic nitrogens is 3. The van der Waals surface area contributed by atoms with Crippen molar-refractivity contribution in [3.8, 4) is 11.5 Å². The monoisotopic (exact) mass is 259 g/mol. The van der Waals surface area contributed by atoms with Gasteiger partial charge in [0.1, 0.15) is 6.10 Å². The molecule has 2 aromatic rings. The first-order chi connectivity index (χ1) is 9.36. The first-order valence-electron chi connectivity index (χ1n) is 6.77. The van der Waals surface area contributed by atoms with E-state index in [-0.39, 0.29) is 6.10 Å². The van der Waals surface area contributed by atoms with Crippen LogP contribution in [0.15, 0.2) is 22.7 Å². The van der Waals surface area contributed by atoms with Gasteiger partial charge in [0.05, 0.1) is 5.56 Å². The van der Waals surface area contributed by atoms with Crippen molar-refractivity contribution in [1.29, 1.82) is 0 Å². The minimum Gasteiger partial charge on any atom is -0.418 e. The zero-order valence-corrected chi connectivity index (χ0v) is 11.0. The molecule has 0 aliphatic carbocycles. The van der Waals surface area contributed by atoms with Gasteiger partial charge < -0.3 is 9.15 Å². The van der Waals surface area contributed by atoms with E-state index in [0.29, 0.717) is 11.8 Å². The minimum absolute atomic E-state index is 0.0436. The molecule has 5 heteroatoms. The highest BCUT2D eigenvalue weighted by Gasteiger charge is 2.22. The Morgan fingerprint density at radius 2 is 2.21 bits per heavy atom. The molecular formula is C14H17N3O2. The third kappa shape index (κ3) is 2.66. The smallest absolute Gasteiger partial charge is 0.249 e. The van der Waals surface area contributed by atoms with Crippen LogP contribution in [0.2, 0.25) is 0 Å². The normalized spacial score (nSPS) is 19.5. The maximum absolute atomic E-state index is 5.70. The molecule has 1 atom stereocenters. The highest BCUT2D eigenvalue weighted by atomic mass is 16.5. The highest BCUT2D eigenvalue weighted by molar-refractivity contribution is 5.50. The van der Waals surface area contributed by atoms with Crippen LogP contribution in [0.25, 0.3) is 11.5 Å². The average molecular weight is 259 g/mol. The molecule has 0 amide bonds. The first kappa shape index (κ1) is 12.3. The molecule has 1 fully saturated rings. The minimum atomic E-state index is -0.0436. The van der Waals surface area contributed by atoms with Crippen molar-refractivity contribution in [2.75, 3.05) is 6.61 Å². The summed E-state index contributed by atoms with van der Waals surface area (Å²) in [6.45, 7) is 2.85. The topological polar surface area (TPSA) is 61.0 Å². The molecule has 1 aliphatic rings. The molecule has 0 bridgehead atoms. The molecular weight excluding hydrogens is 242 g/mol. The Balaban J connectivity index is 1.79. The lowest BCUT2D eigenvalue weighted by molar-refractivity contribution is -0.00126. The number of pyridine rings is 1. The van der Waals surface area contributed by atoms with Crippen molar-refractivity contribution < 1.29 is 9.15 Å². The summed E-state index contributed by atoms with van der Waals surface area (Å²) in [6.07, 6.45) is 5.87. The van der Waals surface area contributed by atoms with E-state index in [2.05, 4.69) is 22.1 Å². The largest absolute Gasteiger partial charge is 0.418 e. The first-order valence-corrected chi connectivity index (χ1v) is 6.77. The van der Waals surface area contributed by atoms with Crippen molar-refractivity contribution in [3.63, 3.8) is 0 Å². The summed E-state index contributed by atoms with van der Waals surface area (Å²) in [5, 5.41) is 8.17. The SMILES string of the molecule is CCc1ccc(-c2nnc([C@@H]3CCCCO3)o2)cn1. The molecule has 0 N–H and O–H groups in total. The molecule has 5 nitrogen and oxygen atoms in total. The van der Waals surface area contributed by atoms with E-state index in [0.717, 1.165) is 43.5 Å². The van der Waals surface area contributed by atoms with Crippen LogP contribution < -0.4 is 0 Å². The van der Waals surface area contributed by atoms with E-state index in [1.807, 2.05) is 12.1 Å². The number of hydrogen-bond acceptors (Lipinski definition) is 5. The van der Waals surface area contributed by atoms with Crippen LogP contribution in [-0.2, 0) is 11.2 Å². The molecule has 0 radical (unpaired) electrons. The lowest BCUT2D eigenvalue weighted by Crippen LogP contribution is -2.11. The van der Waals surface area contributed by atoms with Crippen molar-refractivity contribution >= 4 is 0 Å². The number of hydrogen-bond donors (Lipinski definition) is 0. The summed E-state index contributed by atoms with van der Waals surface area (Å²) in [6, 6.07) is 3.95. The second kappa shape index (κ2) is 5.48. The van der Waals surface area contributed by atoms with Gasteiger partial charge in [0.15, 0.2) is 0 Å². The predicted octanol–water partition coefficient (Wildman–Crippen LogP) is 2.94. The van der Waals surface area contributed by atoms with Crippen LogP contribution in [0.1, 0.15) is 43.9 Å². The summed E-state index contributed by atoms with van der Waals surface area (Å²) in [4.78, 5) is 4.34. The van der Waals surface area contributed by atoms with E-state index in [9.17, 15) is 0 Å². The Morgan fingerprint density at radius 1 is 1.26 bits per heavy atom. The summed E-state index contributed by atoms with van der Waals surface area (Å²) in [5.41, 5.74) is 1.91. The Labute approximate surface area is 112 Å². The fraction of sp³-hybridized carbons (Fsp3) is 0.500. The number of aryl methyl sites for hydroxylation is 1. The molecule has 3 heterocycles. The maximum atomic E-state index is 5.70. The Bertz CT molecular complexity index is 530. The number of nitrogens with zero attached hydrogens (tertiary/aromatic N) is 3. The van der Waals surface area contributed by atoms with Gasteiger partial charge in [-0.1, -0.05) is 6.92 Å². The van der Waals surface area contributed by atoms with E-state index in [1.165, 1.54) is 0 Å². The Kier molecular flexibility index (Phi) is 3.55. The molecule has 2 aromatic heterocycles. The van der Waals surface area contributed by atoms with Crippen LogP contribution in [0, 0.1) is 0 Å². The Morgan fingerprint density at radius 3 is 2.89 bits per heavy atom. The second-order valence-electron chi connectivity index (χ2n) is 4.69. The zero-order chi connectivity index (χ0) is 13.1. The van der Waals surface area contributed by atoms with Crippen molar-refractivity contribution in [2.24, 2.45) is 0 Å². The summed E-state index contributed by atoms with van der Waals surface area (Å²) >= 11 is 0. The Hall–Kier alpha value is -1.75. The summed E-state index contributed by atoms with van der Waals surface area (Å²) < 4.78 is 11.3. The second-order valence-corrected chi connectivity index (χ2v) is 4.69. The van der Waals surface area contributed by atoms with Gasteiger partial charge in [-0.2, -0.15) is 0 Å². The molecule has 0 aromatic carbocycles. The molecule has 0 spiro atoms. The zero-order valence-electron chi connectivity index (χ0n) is 11.0. The average Bonchev–Trinajstić information content (AvgIpc) is 2.98. The number of rotatable bonds is 3. The van der Waals surface area contributed by atoms with Crippen LogP contribution >= 0.6 is 0 Å². The number of ether oxygens (including phenoxy) is 1.